The molecule has 14 heavy (non-hydrogen) atoms. The van der Waals surface area contributed by atoms with Gasteiger partial charge in [0.05, 0.1) is 5.56 Å². The fraction of sp³-hybridized carbons (Fsp3) is 0. The van der Waals surface area contributed by atoms with Crippen LogP contribution in [-0.2, 0) is 0 Å². The number of carbonyl (C=O) groups is 2. The number of rotatable bonds is 2. The Labute approximate surface area is 76.4 Å². The smallest absolute Gasteiger partial charge is 0.341 e. The molecule has 74 valence electrons. The molecule has 4 nitrogen and oxygen atoms in total. The van der Waals surface area contributed by atoms with Gasteiger partial charge in [0.1, 0.15) is 17.2 Å². The predicted octanol–water partition coefficient (Wildman–Crippen LogP) is 1.36. The highest BCUT2D eigenvalue weighted by Gasteiger charge is 2.19. The molecule has 0 aliphatic heterocycles. The van der Waals surface area contributed by atoms with Crippen molar-refractivity contribution in [2.24, 2.45) is 0 Å². The Hall–Kier alpha value is -1.98. The molecule has 1 rings (SSSR count). The lowest BCUT2D eigenvalue weighted by molar-refractivity contribution is 0.0671. The highest BCUT2D eigenvalue weighted by Crippen LogP contribution is 2.15. The molecule has 0 aromatic heterocycles. The van der Waals surface area contributed by atoms with E-state index in [1.807, 2.05) is 0 Å². The van der Waals surface area contributed by atoms with Crippen LogP contribution in [0.25, 0.3) is 0 Å². The van der Waals surface area contributed by atoms with Gasteiger partial charge in [0.15, 0.2) is 0 Å². The SMILES string of the molecule is O=C(O)c1cc(F)c(C(=O)O)c(F)c1. The van der Waals surface area contributed by atoms with Crippen molar-refractivity contribution in [3.8, 4) is 0 Å². The largest absolute Gasteiger partial charge is 0.478 e. The van der Waals surface area contributed by atoms with Gasteiger partial charge in [-0.3, -0.25) is 0 Å². The molecule has 1 aromatic rings. The van der Waals surface area contributed by atoms with Gasteiger partial charge < -0.3 is 10.2 Å². The van der Waals surface area contributed by atoms with Crippen LogP contribution >= 0.6 is 0 Å². The van der Waals surface area contributed by atoms with E-state index in [1.165, 1.54) is 0 Å². The van der Waals surface area contributed by atoms with E-state index in [0.717, 1.165) is 0 Å². The van der Waals surface area contributed by atoms with Crippen LogP contribution in [0.1, 0.15) is 20.7 Å². The van der Waals surface area contributed by atoms with E-state index in [1.54, 1.807) is 0 Å². The lowest BCUT2D eigenvalue weighted by atomic mass is 10.1. The molecule has 0 heterocycles. The molecule has 0 radical (unpaired) electrons. The summed E-state index contributed by atoms with van der Waals surface area (Å²) in [6, 6.07) is 0.906. The Morgan fingerprint density at radius 1 is 1.00 bits per heavy atom. The second-order valence-electron chi connectivity index (χ2n) is 2.43. The quantitative estimate of drug-likeness (QED) is 0.759. The van der Waals surface area contributed by atoms with E-state index in [0.29, 0.717) is 12.1 Å². The van der Waals surface area contributed by atoms with Crippen LogP contribution in [0.2, 0.25) is 0 Å². The second-order valence-corrected chi connectivity index (χ2v) is 2.43. The van der Waals surface area contributed by atoms with E-state index < -0.39 is 34.7 Å². The van der Waals surface area contributed by atoms with E-state index >= 15 is 0 Å². The molecule has 0 unspecified atom stereocenters. The summed E-state index contributed by atoms with van der Waals surface area (Å²) in [5.74, 6) is -6.12. The monoisotopic (exact) mass is 202 g/mol. The lowest BCUT2D eigenvalue weighted by Crippen LogP contribution is -2.07. The maximum absolute atomic E-state index is 12.8. The zero-order chi connectivity index (χ0) is 10.9. The van der Waals surface area contributed by atoms with Crippen molar-refractivity contribution >= 4 is 11.9 Å². The number of carboxylic acid groups (broad SMARTS) is 2. The normalized spacial score (nSPS) is 9.86. The highest BCUT2D eigenvalue weighted by atomic mass is 19.1. The summed E-state index contributed by atoms with van der Waals surface area (Å²) in [5.41, 5.74) is -1.79. The number of carboxylic acids is 2. The number of benzene rings is 1. The van der Waals surface area contributed by atoms with Crippen molar-refractivity contribution in [1.82, 2.24) is 0 Å². The molecule has 1 aromatic carbocycles. The molecule has 0 spiro atoms. The van der Waals surface area contributed by atoms with Crippen molar-refractivity contribution in [2.45, 2.75) is 0 Å². The minimum absolute atomic E-state index is 0.453. The van der Waals surface area contributed by atoms with Crippen LogP contribution in [0.3, 0.4) is 0 Å². The van der Waals surface area contributed by atoms with E-state index in [9.17, 15) is 18.4 Å². The summed E-state index contributed by atoms with van der Waals surface area (Å²) in [7, 11) is 0. The predicted molar refractivity (Wildman–Crippen MR) is 40.3 cm³/mol. The van der Waals surface area contributed by atoms with Gasteiger partial charge in [-0.1, -0.05) is 0 Å². The van der Waals surface area contributed by atoms with Crippen LogP contribution in [0.15, 0.2) is 12.1 Å². The number of aromatic carboxylic acids is 2. The Balaban J connectivity index is 3.39. The fourth-order valence-corrected chi connectivity index (χ4v) is 0.901. The van der Waals surface area contributed by atoms with Crippen LogP contribution in [0.5, 0.6) is 0 Å². The molecule has 0 saturated heterocycles. The van der Waals surface area contributed by atoms with Gasteiger partial charge >= 0.3 is 11.9 Å². The third kappa shape index (κ3) is 1.68. The summed E-state index contributed by atoms with van der Waals surface area (Å²) in [6.45, 7) is 0. The molecule has 0 atom stereocenters. The van der Waals surface area contributed by atoms with Crippen LogP contribution < -0.4 is 0 Å². The van der Waals surface area contributed by atoms with Crippen molar-refractivity contribution in [2.75, 3.05) is 0 Å². The Morgan fingerprint density at radius 3 is 1.71 bits per heavy atom. The number of halogens is 2. The first-order valence-electron chi connectivity index (χ1n) is 3.39. The zero-order valence-electron chi connectivity index (χ0n) is 6.62. The molecule has 0 aliphatic rings. The Morgan fingerprint density at radius 2 is 1.43 bits per heavy atom. The first kappa shape index (κ1) is 10.1. The molecule has 2 N–H and O–H groups in total. The van der Waals surface area contributed by atoms with Crippen LogP contribution in [-0.4, -0.2) is 22.2 Å². The second kappa shape index (κ2) is 3.41. The van der Waals surface area contributed by atoms with Crippen LogP contribution in [0.4, 0.5) is 8.78 Å². The third-order valence-corrected chi connectivity index (χ3v) is 1.50. The standard InChI is InChI=1S/C8H4F2O4/c9-4-1-3(7(11)12)2-5(10)6(4)8(13)14/h1-2H,(H,11,12)(H,13,14). The van der Waals surface area contributed by atoms with Crippen molar-refractivity contribution in [3.63, 3.8) is 0 Å². The molecule has 0 aliphatic carbocycles. The third-order valence-electron chi connectivity index (χ3n) is 1.50. The van der Waals surface area contributed by atoms with Crippen molar-refractivity contribution < 1.29 is 28.6 Å². The summed E-state index contributed by atoms with van der Waals surface area (Å²) < 4.78 is 25.7. The number of hydrogen-bond acceptors (Lipinski definition) is 2. The van der Waals surface area contributed by atoms with Gasteiger partial charge in [-0.25, -0.2) is 18.4 Å². The summed E-state index contributed by atoms with van der Waals surface area (Å²) in [5, 5.41) is 16.7. The average molecular weight is 202 g/mol. The average Bonchev–Trinajstić information content (AvgIpc) is 2.01. The number of hydrogen-bond donors (Lipinski definition) is 2. The summed E-state index contributed by atoms with van der Waals surface area (Å²) >= 11 is 0. The van der Waals surface area contributed by atoms with Gasteiger partial charge in [-0.05, 0) is 12.1 Å². The minimum atomic E-state index is -1.78. The van der Waals surface area contributed by atoms with Gasteiger partial charge in [0, 0.05) is 0 Å². The molecule has 0 saturated carbocycles. The molecular weight excluding hydrogens is 198 g/mol. The topological polar surface area (TPSA) is 74.6 Å². The zero-order valence-corrected chi connectivity index (χ0v) is 6.62. The Bertz CT molecular complexity index is 391. The van der Waals surface area contributed by atoms with Gasteiger partial charge in [0.25, 0.3) is 0 Å². The fourth-order valence-electron chi connectivity index (χ4n) is 0.901. The van der Waals surface area contributed by atoms with E-state index in [-0.39, 0.29) is 0 Å². The van der Waals surface area contributed by atoms with Gasteiger partial charge in [0.2, 0.25) is 0 Å². The van der Waals surface area contributed by atoms with Crippen molar-refractivity contribution in [1.29, 1.82) is 0 Å². The van der Waals surface area contributed by atoms with Crippen LogP contribution in [0, 0.1) is 11.6 Å². The maximum atomic E-state index is 12.8. The summed E-state index contributed by atoms with van der Waals surface area (Å²) in [6.07, 6.45) is 0. The molecule has 6 heteroatoms. The minimum Gasteiger partial charge on any atom is -0.478 e. The van der Waals surface area contributed by atoms with Crippen molar-refractivity contribution in [3.05, 3.63) is 34.9 Å². The first-order valence-corrected chi connectivity index (χ1v) is 3.39. The maximum Gasteiger partial charge on any atom is 0.341 e. The van der Waals surface area contributed by atoms with Gasteiger partial charge in [-0.15, -0.1) is 0 Å². The lowest BCUT2D eigenvalue weighted by Gasteiger charge is -2.00. The molecular formula is C8H4F2O4. The molecule has 0 bridgehead atoms. The van der Waals surface area contributed by atoms with E-state index in [4.69, 9.17) is 10.2 Å². The first-order chi connectivity index (χ1) is 6.43. The highest BCUT2D eigenvalue weighted by molar-refractivity contribution is 5.92. The molecule has 0 amide bonds. The molecule has 0 fully saturated rings. The Kier molecular flexibility index (Phi) is 2.46. The van der Waals surface area contributed by atoms with E-state index in [2.05, 4.69) is 0 Å². The summed E-state index contributed by atoms with van der Waals surface area (Å²) in [4.78, 5) is 20.6. The van der Waals surface area contributed by atoms with Gasteiger partial charge in [-0.2, -0.15) is 0 Å².